The number of aliphatic hydroxyl groups excluding tert-OH is 1. The van der Waals surface area contributed by atoms with Crippen LogP contribution in [0.2, 0.25) is 0 Å². The van der Waals surface area contributed by atoms with Gasteiger partial charge in [0.15, 0.2) is 5.82 Å². The lowest BCUT2D eigenvalue weighted by molar-refractivity contribution is 0.350. The van der Waals surface area contributed by atoms with Crippen LogP contribution in [0.4, 0.5) is 5.82 Å². The summed E-state index contributed by atoms with van der Waals surface area (Å²) >= 11 is 0. The topological polar surface area (TPSA) is 92.2 Å². The molecule has 0 bridgehead atoms. The highest BCUT2D eigenvalue weighted by atomic mass is 32.2. The molecule has 0 aliphatic rings. The van der Waals surface area contributed by atoms with Crippen LogP contribution >= 0.6 is 0 Å². The van der Waals surface area contributed by atoms with Gasteiger partial charge >= 0.3 is 0 Å². The van der Waals surface area contributed by atoms with E-state index in [1.54, 1.807) is 19.1 Å². The minimum atomic E-state index is -3.72. The monoisotopic (exact) mass is 303 g/mol. The fourth-order valence-electron chi connectivity index (χ4n) is 1.63. The second-order valence-electron chi connectivity index (χ2n) is 4.15. The van der Waals surface area contributed by atoms with Gasteiger partial charge < -0.3 is 5.11 Å². The summed E-state index contributed by atoms with van der Waals surface area (Å²) in [6, 6.07) is 7.67. The molecule has 1 heterocycles. The van der Waals surface area contributed by atoms with Crippen molar-refractivity contribution in [1.82, 2.24) is 10.2 Å². The Labute approximate surface area is 122 Å². The molecule has 0 spiro atoms. The number of nitrogens with zero attached hydrogens (tertiary/aromatic N) is 2. The smallest absolute Gasteiger partial charge is 0.263 e. The van der Waals surface area contributed by atoms with Crippen molar-refractivity contribution in [1.29, 1.82) is 0 Å². The fraction of sp³-hybridized carbons (Fsp3) is 0.143. The third-order valence-corrected chi connectivity index (χ3v) is 3.97. The number of aromatic nitrogens is 2. The second kappa shape index (κ2) is 6.35. The van der Waals surface area contributed by atoms with Crippen molar-refractivity contribution in [3.63, 3.8) is 0 Å². The molecule has 0 saturated heterocycles. The molecule has 0 amide bonds. The molecule has 2 aromatic rings. The first-order chi connectivity index (χ1) is 10.0. The normalized spacial score (nSPS) is 10.6. The molecule has 6 nitrogen and oxygen atoms in total. The van der Waals surface area contributed by atoms with Gasteiger partial charge in [0, 0.05) is 11.8 Å². The molecule has 0 unspecified atom stereocenters. The van der Waals surface area contributed by atoms with Gasteiger partial charge in [-0.3, -0.25) is 4.72 Å². The SMILES string of the molecule is Cc1cc(S(=O)(=O)Nc2cccnn2)ccc1C#CCO. The van der Waals surface area contributed by atoms with Gasteiger partial charge in [0.25, 0.3) is 10.0 Å². The van der Waals surface area contributed by atoms with Crippen molar-refractivity contribution in [2.75, 3.05) is 11.3 Å². The van der Waals surface area contributed by atoms with Crippen LogP contribution in [-0.4, -0.2) is 30.3 Å². The van der Waals surface area contributed by atoms with Crippen molar-refractivity contribution in [2.45, 2.75) is 11.8 Å². The summed E-state index contributed by atoms with van der Waals surface area (Å²) in [5.74, 6) is 5.43. The Morgan fingerprint density at radius 1 is 1.33 bits per heavy atom. The van der Waals surface area contributed by atoms with Crippen LogP contribution in [-0.2, 0) is 10.0 Å². The van der Waals surface area contributed by atoms with Gasteiger partial charge in [-0.1, -0.05) is 11.8 Å². The van der Waals surface area contributed by atoms with E-state index in [4.69, 9.17) is 5.11 Å². The quantitative estimate of drug-likeness (QED) is 0.823. The van der Waals surface area contributed by atoms with E-state index in [0.717, 1.165) is 0 Å². The number of rotatable bonds is 3. The average Bonchev–Trinajstić information content (AvgIpc) is 2.46. The summed E-state index contributed by atoms with van der Waals surface area (Å²) in [6.07, 6.45) is 1.45. The minimum Gasteiger partial charge on any atom is -0.384 e. The van der Waals surface area contributed by atoms with Crippen LogP contribution < -0.4 is 4.72 Å². The maximum absolute atomic E-state index is 12.2. The van der Waals surface area contributed by atoms with Gasteiger partial charge in [0.2, 0.25) is 0 Å². The molecule has 0 aliphatic carbocycles. The van der Waals surface area contributed by atoms with E-state index in [2.05, 4.69) is 26.8 Å². The molecule has 0 saturated carbocycles. The van der Waals surface area contributed by atoms with E-state index in [9.17, 15) is 8.42 Å². The summed E-state index contributed by atoms with van der Waals surface area (Å²) in [7, 11) is -3.72. The van der Waals surface area contributed by atoms with Crippen LogP contribution in [0.25, 0.3) is 0 Å². The van der Waals surface area contributed by atoms with Crippen molar-refractivity contribution in [3.05, 3.63) is 47.7 Å². The van der Waals surface area contributed by atoms with Crippen LogP contribution in [0, 0.1) is 18.8 Å². The van der Waals surface area contributed by atoms with Gasteiger partial charge in [-0.25, -0.2) is 8.42 Å². The zero-order valence-electron chi connectivity index (χ0n) is 11.2. The highest BCUT2D eigenvalue weighted by Gasteiger charge is 2.15. The highest BCUT2D eigenvalue weighted by molar-refractivity contribution is 7.92. The first-order valence-corrected chi connectivity index (χ1v) is 7.52. The molecule has 0 fully saturated rings. The number of benzene rings is 1. The van der Waals surface area contributed by atoms with E-state index < -0.39 is 10.0 Å². The standard InChI is InChI=1S/C14H13N3O3S/c1-11-10-13(7-6-12(11)4-3-9-18)21(19,20)17-14-5-2-8-15-16-14/h2,5-8,10,18H,9H2,1H3,(H,16,17). The Balaban J connectivity index is 2.31. The fourth-order valence-corrected chi connectivity index (χ4v) is 2.71. The number of sulfonamides is 1. The average molecular weight is 303 g/mol. The molecule has 2 rings (SSSR count). The Kier molecular flexibility index (Phi) is 4.52. The molecule has 0 aliphatic heterocycles. The number of aryl methyl sites for hydroxylation is 1. The first-order valence-electron chi connectivity index (χ1n) is 6.04. The molecule has 1 aromatic carbocycles. The largest absolute Gasteiger partial charge is 0.384 e. The zero-order valence-corrected chi connectivity index (χ0v) is 12.1. The van der Waals surface area contributed by atoms with Gasteiger partial charge in [-0.15, -0.1) is 5.10 Å². The molecule has 21 heavy (non-hydrogen) atoms. The first kappa shape index (κ1) is 15.0. The summed E-state index contributed by atoms with van der Waals surface area (Å²) in [5, 5.41) is 16.0. The van der Waals surface area contributed by atoms with Crippen molar-refractivity contribution < 1.29 is 13.5 Å². The van der Waals surface area contributed by atoms with Gasteiger partial charge in [-0.05, 0) is 42.8 Å². The van der Waals surface area contributed by atoms with Crippen LogP contribution in [0.3, 0.4) is 0 Å². The lowest BCUT2D eigenvalue weighted by Gasteiger charge is -2.08. The Hall–Kier alpha value is -2.43. The minimum absolute atomic E-state index is 0.111. The van der Waals surface area contributed by atoms with Gasteiger partial charge in [0.1, 0.15) is 6.61 Å². The molecule has 0 radical (unpaired) electrons. The number of nitrogens with one attached hydrogen (secondary N) is 1. The molecule has 108 valence electrons. The number of hydrogen-bond acceptors (Lipinski definition) is 5. The summed E-state index contributed by atoms with van der Waals surface area (Å²) in [6.45, 7) is 1.51. The number of anilines is 1. The van der Waals surface area contributed by atoms with Gasteiger partial charge in [0.05, 0.1) is 4.90 Å². The van der Waals surface area contributed by atoms with E-state index in [0.29, 0.717) is 11.1 Å². The maximum Gasteiger partial charge on any atom is 0.263 e. The maximum atomic E-state index is 12.2. The highest BCUT2D eigenvalue weighted by Crippen LogP contribution is 2.17. The Morgan fingerprint density at radius 2 is 2.14 bits per heavy atom. The zero-order chi connectivity index (χ0) is 15.3. The Bertz CT molecular complexity index is 793. The predicted octanol–water partition coefficient (Wildman–Crippen LogP) is 0.930. The molecular weight excluding hydrogens is 290 g/mol. The summed E-state index contributed by atoms with van der Waals surface area (Å²) < 4.78 is 26.8. The van der Waals surface area contributed by atoms with E-state index in [-0.39, 0.29) is 17.3 Å². The Morgan fingerprint density at radius 3 is 2.76 bits per heavy atom. The predicted molar refractivity (Wildman–Crippen MR) is 78.0 cm³/mol. The molecule has 2 N–H and O–H groups in total. The summed E-state index contributed by atoms with van der Waals surface area (Å²) in [4.78, 5) is 0.111. The van der Waals surface area contributed by atoms with E-state index in [1.165, 1.54) is 24.4 Å². The van der Waals surface area contributed by atoms with Crippen LogP contribution in [0.15, 0.2) is 41.4 Å². The third kappa shape index (κ3) is 3.78. The van der Waals surface area contributed by atoms with Crippen molar-refractivity contribution in [2.24, 2.45) is 0 Å². The van der Waals surface area contributed by atoms with Crippen molar-refractivity contribution in [3.8, 4) is 11.8 Å². The van der Waals surface area contributed by atoms with Crippen LogP contribution in [0.1, 0.15) is 11.1 Å². The second-order valence-corrected chi connectivity index (χ2v) is 5.83. The molecule has 7 heteroatoms. The third-order valence-electron chi connectivity index (χ3n) is 2.62. The lowest BCUT2D eigenvalue weighted by atomic mass is 10.1. The van der Waals surface area contributed by atoms with E-state index >= 15 is 0 Å². The number of hydrogen-bond donors (Lipinski definition) is 2. The lowest BCUT2D eigenvalue weighted by Crippen LogP contribution is -2.14. The molecule has 0 atom stereocenters. The van der Waals surface area contributed by atoms with Gasteiger partial charge in [-0.2, -0.15) is 5.10 Å². The number of aliphatic hydroxyl groups is 1. The van der Waals surface area contributed by atoms with Crippen molar-refractivity contribution >= 4 is 15.8 Å². The summed E-state index contributed by atoms with van der Waals surface area (Å²) in [5.41, 5.74) is 1.38. The molecular formula is C14H13N3O3S. The van der Waals surface area contributed by atoms with Crippen LogP contribution in [0.5, 0.6) is 0 Å². The van der Waals surface area contributed by atoms with E-state index in [1.807, 2.05) is 0 Å². The molecule has 1 aromatic heterocycles.